The lowest BCUT2D eigenvalue weighted by molar-refractivity contribution is 0.434. The van der Waals surface area contributed by atoms with Gasteiger partial charge in [-0.05, 0) is 56.0 Å². The minimum absolute atomic E-state index is 0.315. The van der Waals surface area contributed by atoms with Gasteiger partial charge in [0, 0.05) is 35.7 Å². The summed E-state index contributed by atoms with van der Waals surface area (Å²) in [6.07, 6.45) is 7.23. The predicted molar refractivity (Wildman–Crippen MR) is 85.3 cm³/mol. The largest absolute Gasteiger partial charge is 0.309 e. The predicted octanol–water partition coefficient (Wildman–Crippen LogP) is 3.56. The van der Waals surface area contributed by atoms with Gasteiger partial charge in [0.2, 0.25) is 0 Å². The Kier molecular flexibility index (Phi) is 4.30. The summed E-state index contributed by atoms with van der Waals surface area (Å²) in [5, 5.41) is 3.73. The van der Waals surface area contributed by atoms with Gasteiger partial charge in [-0.2, -0.15) is 0 Å². The molecule has 2 atom stereocenters. The fraction of sp³-hybridized carbons (Fsp3) is 0.444. The minimum atomic E-state index is 0.315. The molecule has 3 heteroatoms. The maximum atomic E-state index is 4.66. The van der Waals surface area contributed by atoms with Gasteiger partial charge >= 0.3 is 0 Å². The fourth-order valence-corrected chi connectivity index (χ4v) is 3.36. The van der Waals surface area contributed by atoms with Crippen LogP contribution in [-0.2, 0) is 6.42 Å². The van der Waals surface area contributed by atoms with E-state index in [4.69, 9.17) is 0 Å². The third-order valence-electron chi connectivity index (χ3n) is 4.40. The van der Waals surface area contributed by atoms with Gasteiger partial charge < -0.3 is 5.32 Å². The normalized spacial score (nSPS) is 18.5. The van der Waals surface area contributed by atoms with E-state index in [0.29, 0.717) is 12.0 Å². The highest BCUT2D eigenvalue weighted by molar-refractivity contribution is 5.34. The molecule has 0 saturated carbocycles. The maximum absolute atomic E-state index is 4.66. The molecule has 2 aromatic rings. The molecule has 0 bridgehead atoms. The van der Waals surface area contributed by atoms with Crippen LogP contribution in [0.25, 0.3) is 0 Å². The van der Waals surface area contributed by atoms with Crippen LogP contribution in [0.2, 0.25) is 0 Å². The summed E-state index contributed by atoms with van der Waals surface area (Å²) >= 11 is 0. The molecule has 2 unspecified atom stereocenters. The van der Waals surface area contributed by atoms with Crippen LogP contribution >= 0.6 is 0 Å². The minimum Gasteiger partial charge on any atom is -0.309 e. The van der Waals surface area contributed by atoms with E-state index in [0.717, 1.165) is 25.1 Å². The molecule has 0 radical (unpaired) electrons. The van der Waals surface area contributed by atoms with E-state index in [1.54, 1.807) is 0 Å². The van der Waals surface area contributed by atoms with Crippen molar-refractivity contribution < 1.29 is 0 Å². The summed E-state index contributed by atoms with van der Waals surface area (Å²) in [4.78, 5) is 9.14. The molecule has 0 aromatic carbocycles. The van der Waals surface area contributed by atoms with E-state index in [1.165, 1.54) is 23.2 Å². The highest BCUT2D eigenvalue weighted by Crippen LogP contribution is 2.40. The Morgan fingerprint density at radius 3 is 2.86 bits per heavy atom. The van der Waals surface area contributed by atoms with Crippen LogP contribution < -0.4 is 5.32 Å². The van der Waals surface area contributed by atoms with Gasteiger partial charge in [0.1, 0.15) is 0 Å². The van der Waals surface area contributed by atoms with Crippen LogP contribution in [0.4, 0.5) is 0 Å². The van der Waals surface area contributed by atoms with Gasteiger partial charge in [-0.1, -0.05) is 19.1 Å². The quantitative estimate of drug-likeness (QED) is 0.910. The summed E-state index contributed by atoms with van der Waals surface area (Å²) in [6.45, 7) is 5.34. The van der Waals surface area contributed by atoms with Crippen LogP contribution in [0.3, 0.4) is 0 Å². The summed E-state index contributed by atoms with van der Waals surface area (Å²) in [5.41, 5.74) is 5.12. The van der Waals surface area contributed by atoms with Crippen molar-refractivity contribution in [1.29, 1.82) is 0 Å². The molecule has 110 valence electrons. The maximum Gasteiger partial charge on any atom is 0.0485 e. The highest BCUT2D eigenvalue weighted by Gasteiger charge is 2.32. The molecule has 0 fully saturated rings. The first-order valence-corrected chi connectivity index (χ1v) is 7.90. The summed E-state index contributed by atoms with van der Waals surface area (Å²) < 4.78 is 0. The summed E-state index contributed by atoms with van der Waals surface area (Å²) in [6, 6.07) is 8.82. The zero-order valence-electron chi connectivity index (χ0n) is 12.8. The monoisotopic (exact) mass is 281 g/mol. The van der Waals surface area contributed by atoms with Crippen molar-refractivity contribution in [3.8, 4) is 0 Å². The van der Waals surface area contributed by atoms with Gasteiger partial charge in [0.15, 0.2) is 0 Å². The van der Waals surface area contributed by atoms with Crippen LogP contribution in [-0.4, -0.2) is 16.5 Å². The van der Waals surface area contributed by atoms with Crippen molar-refractivity contribution in [2.45, 2.75) is 45.1 Å². The van der Waals surface area contributed by atoms with Gasteiger partial charge in [-0.25, -0.2) is 0 Å². The average Bonchev–Trinajstić information content (AvgIpc) is 2.93. The Hall–Kier alpha value is -1.74. The lowest BCUT2D eigenvalue weighted by Crippen LogP contribution is -2.28. The van der Waals surface area contributed by atoms with Crippen LogP contribution in [0, 0.1) is 6.92 Å². The molecular weight excluding hydrogens is 258 g/mol. The van der Waals surface area contributed by atoms with Gasteiger partial charge in [-0.15, -0.1) is 0 Å². The van der Waals surface area contributed by atoms with E-state index >= 15 is 0 Å². The Bertz CT molecular complexity index is 609. The zero-order valence-corrected chi connectivity index (χ0v) is 12.8. The Balaban J connectivity index is 1.96. The Labute approximate surface area is 126 Å². The zero-order chi connectivity index (χ0) is 14.7. The van der Waals surface area contributed by atoms with E-state index in [2.05, 4.69) is 41.3 Å². The molecule has 2 heterocycles. The number of aromatic nitrogens is 2. The van der Waals surface area contributed by atoms with Gasteiger partial charge in [-0.3, -0.25) is 9.97 Å². The molecule has 1 N–H and O–H groups in total. The number of hydrogen-bond acceptors (Lipinski definition) is 3. The first-order valence-electron chi connectivity index (χ1n) is 7.90. The van der Waals surface area contributed by atoms with Crippen LogP contribution in [0.15, 0.2) is 36.7 Å². The van der Waals surface area contributed by atoms with E-state index in [-0.39, 0.29) is 0 Å². The molecule has 0 aliphatic heterocycles. The van der Waals surface area contributed by atoms with Crippen molar-refractivity contribution in [3.05, 3.63) is 59.2 Å². The topological polar surface area (TPSA) is 37.8 Å². The first-order chi connectivity index (χ1) is 10.3. The standard InChI is InChI=1S/C18H23N3/c1-3-10-20-18(15-7-5-11-19-13(15)2)16-9-8-14-6-4-12-21-17(14)16/h4-7,11-12,16,18,20H,3,8-10H2,1-2H3. The molecule has 2 aromatic heterocycles. The van der Waals surface area contributed by atoms with E-state index < -0.39 is 0 Å². The van der Waals surface area contributed by atoms with Crippen molar-refractivity contribution in [2.75, 3.05) is 6.54 Å². The lowest BCUT2D eigenvalue weighted by atomic mass is 9.90. The number of fused-ring (bicyclic) bond motifs is 1. The average molecular weight is 281 g/mol. The van der Waals surface area contributed by atoms with Crippen LogP contribution in [0.5, 0.6) is 0 Å². The molecule has 3 rings (SSSR count). The van der Waals surface area contributed by atoms with Crippen molar-refractivity contribution in [1.82, 2.24) is 15.3 Å². The van der Waals surface area contributed by atoms with Gasteiger partial charge in [0.25, 0.3) is 0 Å². The Morgan fingerprint density at radius 2 is 2.05 bits per heavy atom. The number of hydrogen-bond donors (Lipinski definition) is 1. The molecule has 0 spiro atoms. The number of pyridine rings is 2. The molecule has 1 aliphatic rings. The van der Waals surface area contributed by atoms with Crippen LogP contribution in [0.1, 0.15) is 54.2 Å². The summed E-state index contributed by atoms with van der Waals surface area (Å²) in [7, 11) is 0. The first kappa shape index (κ1) is 14.2. The van der Waals surface area contributed by atoms with Crippen molar-refractivity contribution in [3.63, 3.8) is 0 Å². The third-order valence-corrected chi connectivity index (χ3v) is 4.40. The smallest absolute Gasteiger partial charge is 0.0485 e. The molecule has 0 amide bonds. The third kappa shape index (κ3) is 2.84. The second-order valence-electron chi connectivity index (χ2n) is 5.80. The SMILES string of the molecule is CCCNC(c1cccnc1C)C1CCc2cccnc21. The van der Waals surface area contributed by atoms with E-state index in [1.807, 2.05) is 24.5 Å². The number of aryl methyl sites for hydroxylation is 2. The number of nitrogens with one attached hydrogen (secondary N) is 1. The molecule has 3 nitrogen and oxygen atoms in total. The molecule has 0 saturated heterocycles. The molecule has 21 heavy (non-hydrogen) atoms. The van der Waals surface area contributed by atoms with Crippen molar-refractivity contribution in [2.24, 2.45) is 0 Å². The highest BCUT2D eigenvalue weighted by atomic mass is 14.9. The van der Waals surface area contributed by atoms with Gasteiger partial charge in [0.05, 0.1) is 0 Å². The second kappa shape index (κ2) is 6.35. The molecular formula is C18H23N3. The number of rotatable bonds is 5. The lowest BCUT2D eigenvalue weighted by Gasteiger charge is -2.26. The molecule has 1 aliphatic carbocycles. The Morgan fingerprint density at radius 1 is 1.24 bits per heavy atom. The number of nitrogens with zero attached hydrogens (tertiary/aromatic N) is 2. The summed E-state index contributed by atoms with van der Waals surface area (Å²) in [5.74, 6) is 0.454. The van der Waals surface area contributed by atoms with E-state index in [9.17, 15) is 0 Å². The second-order valence-corrected chi connectivity index (χ2v) is 5.80. The van der Waals surface area contributed by atoms with Crippen molar-refractivity contribution >= 4 is 0 Å². The fourth-order valence-electron chi connectivity index (χ4n) is 3.36.